The maximum atomic E-state index is 8.56. The van der Waals surface area contributed by atoms with E-state index in [0.29, 0.717) is 0 Å². The first-order valence-electron chi connectivity index (χ1n) is 2.08. The van der Waals surface area contributed by atoms with Crippen LogP contribution in [0.2, 0.25) is 0 Å². The number of hydrogen-bond donors (Lipinski definition) is 2. The summed E-state index contributed by atoms with van der Waals surface area (Å²) in [7, 11) is 1.93. The van der Waals surface area contributed by atoms with E-state index >= 15 is 0 Å². The van der Waals surface area contributed by atoms with Crippen LogP contribution in [-0.2, 0) is 11.4 Å². The van der Waals surface area contributed by atoms with Crippen LogP contribution in [0.5, 0.6) is 0 Å². The van der Waals surface area contributed by atoms with E-state index in [1.54, 1.807) is 0 Å². The van der Waals surface area contributed by atoms with E-state index in [9.17, 15) is 0 Å². The van der Waals surface area contributed by atoms with Gasteiger partial charge >= 0.3 is 0 Å². The van der Waals surface area contributed by atoms with Crippen LogP contribution >= 0.6 is 0 Å². The van der Waals surface area contributed by atoms with Gasteiger partial charge in [-0.2, -0.15) is 0 Å². The second-order valence-corrected chi connectivity index (χ2v) is 1.36. The summed E-state index contributed by atoms with van der Waals surface area (Å²) in [6, 6.07) is 0. The van der Waals surface area contributed by atoms with Crippen molar-refractivity contribution in [2.45, 2.75) is 6.92 Å². The molecule has 1 unspecified atom stereocenters. The molecule has 0 aliphatic carbocycles. The van der Waals surface area contributed by atoms with E-state index in [-0.39, 0.29) is 0 Å². The quantitative estimate of drug-likeness (QED) is 0.484. The highest BCUT2D eigenvalue weighted by molar-refractivity contribution is 7.73. The molecule has 0 aliphatic rings. The molecule has 0 fully saturated rings. The predicted molar refractivity (Wildman–Crippen MR) is 31.1 cm³/mol. The first-order valence-corrected chi connectivity index (χ1v) is 3.11. The van der Waals surface area contributed by atoms with Crippen molar-refractivity contribution < 1.29 is 13.3 Å². The Morgan fingerprint density at radius 1 is 1.88 bits per heavy atom. The van der Waals surface area contributed by atoms with Gasteiger partial charge < -0.3 is 14.4 Å². The third-order valence-corrected chi connectivity index (χ3v) is 0.354. The largest absolute Gasteiger partial charge is 0.750 e. The molecule has 0 aromatic carbocycles. The highest BCUT2D eigenvalue weighted by Gasteiger charge is 1.50. The average Bonchev–Trinajstić information content (AvgIpc) is 1.65. The number of rotatable bonds is 1. The van der Waals surface area contributed by atoms with Crippen LogP contribution in [0, 0.1) is 0 Å². The van der Waals surface area contributed by atoms with Gasteiger partial charge in [-0.1, -0.05) is 6.92 Å². The lowest BCUT2D eigenvalue weighted by molar-refractivity contribution is 0.436. The highest BCUT2D eigenvalue weighted by atomic mass is 32.2. The molecule has 0 saturated heterocycles. The molecule has 0 amide bonds. The zero-order valence-corrected chi connectivity index (χ0v) is 5.70. The van der Waals surface area contributed by atoms with E-state index in [1.165, 1.54) is 0 Å². The Hall–Kier alpha value is 0.0300. The fraction of sp³-hybridized carbons (Fsp3) is 1.00. The second kappa shape index (κ2) is 10.1. The molecule has 4 nitrogen and oxygen atoms in total. The number of hydrogen-bond acceptors (Lipinski definition) is 3. The van der Waals surface area contributed by atoms with Crippen molar-refractivity contribution in [1.29, 1.82) is 0 Å². The molecule has 52 valence electrons. The van der Waals surface area contributed by atoms with Crippen LogP contribution in [0.25, 0.3) is 0 Å². The van der Waals surface area contributed by atoms with Gasteiger partial charge in [-0.05, 0) is 13.6 Å². The lowest BCUT2D eigenvalue weighted by Gasteiger charge is -1.83. The Morgan fingerprint density at radius 2 is 2.00 bits per heavy atom. The fourth-order valence-electron chi connectivity index (χ4n) is 0. The molecule has 0 rings (SSSR count). The first kappa shape index (κ1) is 10.9. The highest BCUT2D eigenvalue weighted by Crippen LogP contribution is 1.43. The predicted octanol–water partition coefficient (Wildman–Crippen LogP) is -0.436. The summed E-state index contributed by atoms with van der Waals surface area (Å²) < 4.78 is 24.1. The molecule has 0 aromatic rings. The third kappa shape index (κ3) is 144. The van der Waals surface area contributed by atoms with Crippen LogP contribution in [0.1, 0.15) is 6.92 Å². The summed E-state index contributed by atoms with van der Waals surface area (Å²) in [4.78, 5) is 0. The summed E-state index contributed by atoms with van der Waals surface area (Å²) in [5.74, 6) is 0. The van der Waals surface area contributed by atoms with Crippen molar-refractivity contribution in [3.63, 3.8) is 0 Å². The van der Waals surface area contributed by atoms with Crippen molar-refractivity contribution in [2.24, 2.45) is 0 Å². The van der Waals surface area contributed by atoms with Gasteiger partial charge in [0.1, 0.15) is 0 Å². The van der Waals surface area contributed by atoms with Gasteiger partial charge in [-0.15, -0.1) is 0 Å². The Bertz CT molecular complexity index is 52.5. The molecule has 0 aliphatic heterocycles. The van der Waals surface area contributed by atoms with Crippen molar-refractivity contribution in [2.75, 3.05) is 13.6 Å². The molecule has 0 spiro atoms. The Morgan fingerprint density at radius 3 is 2.00 bits per heavy atom. The minimum absolute atomic E-state index is 1.07. The van der Waals surface area contributed by atoms with E-state index < -0.39 is 11.4 Å². The van der Waals surface area contributed by atoms with E-state index in [4.69, 9.17) is 13.3 Å². The molecule has 1 atom stereocenters. The monoisotopic (exact) mass is 140 g/mol. The molecule has 5 heteroatoms. The third-order valence-electron chi connectivity index (χ3n) is 0.354. The Labute approximate surface area is 51.4 Å². The smallest absolute Gasteiger partial charge is 0.0814 e. The lowest BCUT2D eigenvalue weighted by Crippen LogP contribution is -2.01. The maximum absolute atomic E-state index is 8.56. The van der Waals surface area contributed by atoms with Gasteiger partial charge in [-0.25, -0.2) is 4.21 Å². The van der Waals surface area contributed by atoms with Gasteiger partial charge in [0.05, 0.1) is 11.4 Å². The van der Waals surface area contributed by atoms with Crippen LogP contribution in [-0.4, -0.2) is 26.9 Å². The molecular weight excluding hydrogens is 130 g/mol. The zero-order chi connectivity index (χ0) is 6.99. The molecule has 8 heavy (non-hydrogen) atoms. The zero-order valence-electron chi connectivity index (χ0n) is 4.88. The molecular formula is C3H10NO3S-. The summed E-state index contributed by atoms with van der Waals surface area (Å²) in [6.07, 6.45) is 0. The van der Waals surface area contributed by atoms with Crippen molar-refractivity contribution in [1.82, 2.24) is 5.32 Å². The van der Waals surface area contributed by atoms with Crippen molar-refractivity contribution in [3.8, 4) is 0 Å². The Kier molecular flexibility index (Phi) is 13.8. The summed E-state index contributed by atoms with van der Waals surface area (Å²) >= 11 is -2.86. The van der Waals surface area contributed by atoms with Gasteiger partial charge in [0.25, 0.3) is 0 Å². The van der Waals surface area contributed by atoms with Crippen LogP contribution < -0.4 is 5.32 Å². The van der Waals surface area contributed by atoms with Gasteiger partial charge in [0.2, 0.25) is 0 Å². The van der Waals surface area contributed by atoms with Crippen LogP contribution in [0.15, 0.2) is 0 Å². The molecule has 0 heterocycles. The second-order valence-electron chi connectivity index (χ2n) is 0.924. The Balaban J connectivity index is 0. The van der Waals surface area contributed by atoms with Crippen molar-refractivity contribution >= 4 is 11.4 Å². The maximum Gasteiger partial charge on any atom is 0.0814 e. The fourth-order valence-corrected chi connectivity index (χ4v) is 0. The molecule has 0 saturated carbocycles. The van der Waals surface area contributed by atoms with E-state index in [2.05, 4.69) is 12.2 Å². The van der Waals surface area contributed by atoms with Crippen LogP contribution in [0.4, 0.5) is 0 Å². The van der Waals surface area contributed by atoms with E-state index in [1.807, 2.05) is 7.05 Å². The molecule has 0 aromatic heterocycles. The normalized spacial score (nSPS) is 11.5. The lowest BCUT2D eigenvalue weighted by atomic mass is 10.8. The SMILES string of the molecule is CCNC.O=S([O-])O. The van der Waals surface area contributed by atoms with E-state index in [0.717, 1.165) is 6.54 Å². The standard InChI is InChI=1S/C3H9N.H2O3S/c1-3-4-2;1-4(2)3/h4H,3H2,1-2H3;(H2,1,2,3)/p-1. The van der Waals surface area contributed by atoms with Crippen LogP contribution in [0.3, 0.4) is 0 Å². The topological polar surface area (TPSA) is 72.4 Å². The molecule has 0 radical (unpaired) electrons. The summed E-state index contributed by atoms with van der Waals surface area (Å²) in [6.45, 7) is 3.14. The summed E-state index contributed by atoms with van der Waals surface area (Å²) in [5.41, 5.74) is 0. The van der Waals surface area contributed by atoms with Gasteiger partial charge in [0, 0.05) is 0 Å². The molecule has 2 N–H and O–H groups in total. The van der Waals surface area contributed by atoms with Gasteiger partial charge in [0.15, 0.2) is 0 Å². The minimum atomic E-state index is -2.86. The summed E-state index contributed by atoms with van der Waals surface area (Å²) in [5, 5.41) is 2.93. The minimum Gasteiger partial charge on any atom is -0.750 e. The average molecular weight is 140 g/mol. The first-order chi connectivity index (χ1) is 3.65. The van der Waals surface area contributed by atoms with Gasteiger partial charge in [-0.3, -0.25) is 0 Å². The van der Waals surface area contributed by atoms with Crippen molar-refractivity contribution in [3.05, 3.63) is 0 Å². The number of nitrogens with one attached hydrogen (secondary N) is 1. The molecule has 0 bridgehead atoms.